The van der Waals surface area contributed by atoms with Crippen LogP contribution in [0.2, 0.25) is 0 Å². The van der Waals surface area contributed by atoms with Gasteiger partial charge in [0.1, 0.15) is 11.3 Å². The van der Waals surface area contributed by atoms with Gasteiger partial charge in [-0.25, -0.2) is 18.6 Å². The van der Waals surface area contributed by atoms with Gasteiger partial charge in [0.05, 0.1) is 12.7 Å². The van der Waals surface area contributed by atoms with Crippen LogP contribution >= 0.6 is 0 Å². The number of alkyl halides is 5. The molecule has 1 heterocycles. The average Bonchev–Trinajstić information content (AvgIpc) is 2.25. The summed E-state index contributed by atoms with van der Waals surface area (Å²) >= 11 is 0. The lowest BCUT2D eigenvalue weighted by Crippen LogP contribution is -2.16. The van der Waals surface area contributed by atoms with E-state index in [1.165, 1.54) is 0 Å². The lowest BCUT2D eigenvalue weighted by Gasteiger charge is -2.13. The van der Waals surface area contributed by atoms with Crippen molar-refractivity contribution in [3.05, 3.63) is 28.8 Å². The van der Waals surface area contributed by atoms with Gasteiger partial charge in [-0.1, -0.05) is 0 Å². The van der Waals surface area contributed by atoms with Crippen molar-refractivity contribution in [3.8, 4) is 0 Å². The first kappa shape index (κ1) is 14.3. The molecule has 0 aliphatic carbocycles. The fraction of sp³-hybridized carbons (Fsp3) is 0.333. The van der Waals surface area contributed by atoms with Crippen LogP contribution in [0.1, 0.15) is 28.0 Å². The van der Waals surface area contributed by atoms with Crippen molar-refractivity contribution < 1.29 is 35.9 Å². The third kappa shape index (κ3) is 2.71. The summed E-state index contributed by atoms with van der Waals surface area (Å²) < 4.78 is 79.0. The van der Waals surface area contributed by atoms with E-state index in [4.69, 9.17) is 0 Å². The summed E-state index contributed by atoms with van der Waals surface area (Å²) in [5, 5.41) is 0. The van der Waals surface area contributed by atoms with E-state index in [2.05, 4.69) is 9.72 Å². The SMILES string of the molecule is COC(=O)c1cc(C(F)(F)F)c(C(F)F)nc1F. The molecule has 1 rings (SSSR count). The maximum Gasteiger partial charge on any atom is 0.418 e. The predicted octanol–water partition coefficient (Wildman–Crippen LogP) is 2.96. The molecule has 1 aromatic heterocycles. The molecule has 0 aromatic carbocycles. The third-order valence-electron chi connectivity index (χ3n) is 1.92. The van der Waals surface area contributed by atoms with E-state index in [0.717, 1.165) is 7.11 Å². The smallest absolute Gasteiger partial charge is 0.418 e. The molecule has 9 heteroatoms. The lowest BCUT2D eigenvalue weighted by atomic mass is 10.1. The highest BCUT2D eigenvalue weighted by Crippen LogP contribution is 2.36. The maximum absolute atomic E-state index is 13.1. The minimum atomic E-state index is -5.19. The molecule has 0 radical (unpaired) electrons. The van der Waals surface area contributed by atoms with Crippen molar-refractivity contribution in [1.82, 2.24) is 4.98 Å². The molecule has 0 fully saturated rings. The molecule has 0 aliphatic heterocycles. The zero-order valence-corrected chi connectivity index (χ0v) is 8.69. The van der Waals surface area contributed by atoms with Gasteiger partial charge in [-0.3, -0.25) is 0 Å². The second-order valence-electron chi connectivity index (χ2n) is 3.05. The van der Waals surface area contributed by atoms with Crippen LogP contribution in [0.3, 0.4) is 0 Å². The number of esters is 1. The van der Waals surface area contributed by atoms with E-state index >= 15 is 0 Å². The normalized spacial score (nSPS) is 11.8. The van der Waals surface area contributed by atoms with Crippen molar-refractivity contribution in [1.29, 1.82) is 0 Å². The Labute approximate surface area is 96.4 Å². The Hall–Kier alpha value is -1.80. The molecule has 0 saturated carbocycles. The minimum absolute atomic E-state index is 0.0460. The Morgan fingerprint density at radius 3 is 2.33 bits per heavy atom. The van der Waals surface area contributed by atoms with Crippen molar-refractivity contribution in [2.75, 3.05) is 7.11 Å². The van der Waals surface area contributed by atoms with Gasteiger partial charge < -0.3 is 4.74 Å². The van der Waals surface area contributed by atoms with E-state index in [0.29, 0.717) is 0 Å². The predicted molar refractivity (Wildman–Crippen MR) is 45.5 cm³/mol. The van der Waals surface area contributed by atoms with Crippen LogP contribution in [-0.2, 0) is 10.9 Å². The number of carbonyl (C=O) groups is 1. The Bertz CT molecular complexity index is 471. The summed E-state index contributed by atoms with van der Waals surface area (Å²) in [5.41, 5.74) is -4.80. The van der Waals surface area contributed by atoms with Gasteiger partial charge in [0, 0.05) is 0 Å². The van der Waals surface area contributed by atoms with Crippen LogP contribution in [0.25, 0.3) is 0 Å². The van der Waals surface area contributed by atoms with Crippen LogP contribution in [0.5, 0.6) is 0 Å². The van der Waals surface area contributed by atoms with Crippen LogP contribution in [0.15, 0.2) is 6.07 Å². The summed E-state index contributed by atoms with van der Waals surface area (Å²) in [6, 6.07) is -0.0460. The second kappa shape index (κ2) is 4.83. The van der Waals surface area contributed by atoms with Crippen LogP contribution in [0, 0.1) is 5.95 Å². The number of rotatable bonds is 2. The molecule has 0 aliphatic rings. The first-order chi connectivity index (χ1) is 8.18. The zero-order valence-electron chi connectivity index (χ0n) is 8.69. The van der Waals surface area contributed by atoms with E-state index in [9.17, 15) is 31.1 Å². The largest absolute Gasteiger partial charge is 0.465 e. The summed E-state index contributed by atoms with van der Waals surface area (Å²) in [4.78, 5) is 13.4. The average molecular weight is 273 g/mol. The van der Waals surface area contributed by atoms with Gasteiger partial charge in [-0.2, -0.15) is 17.6 Å². The molecule has 18 heavy (non-hydrogen) atoms. The number of hydrogen-bond acceptors (Lipinski definition) is 3. The van der Waals surface area contributed by atoms with E-state index in [1.54, 1.807) is 0 Å². The minimum Gasteiger partial charge on any atom is -0.465 e. The van der Waals surface area contributed by atoms with Gasteiger partial charge in [0.15, 0.2) is 0 Å². The number of pyridine rings is 1. The Morgan fingerprint density at radius 2 is 1.94 bits per heavy atom. The molecule has 0 atom stereocenters. The molecule has 3 nitrogen and oxygen atoms in total. The molecule has 0 spiro atoms. The molecule has 1 aromatic rings. The van der Waals surface area contributed by atoms with E-state index in [1.807, 2.05) is 0 Å². The van der Waals surface area contributed by atoms with Crippen molar-refractivity contribution >= 4 is 5.97 Å². The topological polar surface area (TPSA) is 39.2 Å². The Kier molecular flexibility index (Phi) is 3.82. The number of methoxy groups -OCH3 is 1. The number of aromatic nitrogens is 1. The van der Waals surface area contributed by atoms with E-state index < -0.39 is 41.3 Å². The number of hydrogen-bond donors (Lipinski definition) is 0. The number of nitrogens with zero attached hydrogens (tertiary/aromatic N) is 1. The summed E-state index contributed by atoms with van der Waals surface area (Å²) in [5.74, 6) is -3.18. The van der Waals surface area contributed by atoms with Gasteiger partial charge in [0.2, 0.25) is 5.95 Å². The monoisotopic (exact) mass is 273 g/mol. The first-order valence-electron chi connectivity index (χ1n) is 4.32. The fourth-order valence-corrected chi connectivity index (χ4v) is 1.15. The number of carbonyl (C=O) groups excluding carboxylic acids is 1. The molecular weight excluding hydrogens is 268 g/mol. The number of ether oxygens (including phenoxy) is 1. The molecule has 0 N–H and O–H groups in total. The maximum atomic E-state index is 13.1. The highest BCUT2D eigenvalue weighted by molar-refractivity contribution is 5.89. The van der Waals surface area contributed by atoms with Gasteiger partial charge in [-0.15, -0.1) is 0 Å². The van der Waals surface area contributed by atoms with Gasteiger partial charge >= 0.3 is 12.1 Å². The second-order valence-corrected chi connectivity index (χ2v) is 3.05. The quantitative estimate of drug-likeness (QED) is 0.472. The van der Waals surface area contributed by atoms with Crippen molar-refractivity contribution in [2.45, 2.75) is 12.6 Å². The highest BCUT2D eigenvalue weighted by Gasteiger charge is 2.38. The zero-order chi connectivity index (χ0) is 14.1. The first-order valence-corrected chi connectivity index (χ1v) is 4.32. The molecule has 0 amide bonds. The highest BCUT2D eigenvalue weighted by atomic mass is 19.4. The molecular formula is C9H5F6NO2. The van der Waals surface area contributed by atoms with Crippen molar-refractivity contribution in [3.63, 3.8) is 0 Å². The number of halogens is 6. The Balaban J connectivity index is 3.51. The molecule has 0 unspecified atom stereocenters. The Morgan fingerprint density at radius 1 is 1.39 bits per heavy atom. The fourth-order valence-electron chi connectivity index (χ4n) is 1.15. The van der Waals surface area contributed by atoms with E-state index in [-0.39, 0.29) is 6.07 Å². The molecule has 100 valence electrons. The van der Waals surface area contributed by atoms with Crippen molar-refractivity contribution in [2.24, 2.45) is 0 Å². The van der Waals surface area contributed by atoms with Crippen LogP contribution in [-0.4, -0.2) is 18.1 Å². The molecule has 0 saturated heterocycles. The summed E-state index contributed by atoms with van der Waals surface area (Å²) in [6.07, 6.45) is -8.81. The summed E-state index contributed by atoms with van der Waals surface area (Å²) in [7, 11) is 0.802. The lowest BCUT2D eigenvalue weighted by molar-refractivity contribution is -0.140. The van der Waals surface area contributed by atoms with Gasteiger partial charge in [0.25, 0.3) is 6.43 Å². The van der Waals surface area contributed by atoms with Gasteiger partial charge in [-0.05, 0) is 6.07 Å². The summed E-state index contributed by atoms with van der Waals surface area (Å²) in [6.45, 7) is 0. The van der Waals surface area contributed by atoms with Crippen LogP contribution in [0.4, 0.5) is 26.3 Å². The standard InChI is InChI=1S/C9H5F6NO2/c1-18-8(17)3-2-4(9(13,14)15)5(6(10)11)16-7(3)12/h2,6H,1H3. The molecule has 0 bridgehead atoms. The van der Waals surface area contributed by atoms with Crippen LogP contribution < -0.4 is 0 Å². The third-order valence-corrected chi connectivity index (χ3v) is 1.92.